The first-order valence-electron chi connectivity index (χ1n) is 9.50. The lowest BCUT2D eigenvalue weighted by Gasteiger charge is -2.15. The average molecular weight is 449 g/mol. The third-order valence-corrected chi connectivity index (χ3v) is 8.02. The van der Waals surface area contributed by atoms with E-state index in [-0.39, 0.29) is 29.7 Å². The normalized spacial score (nSPS) is 14.8. The number of sulfone groups is 1. The molecule has 1 atom stereocenters. The highest BCUT2D eigenvalue weighted by Crippen LogP contribution is 2.33. The van der Waals surface area contributed by atoms with Crippen molar-refractivity contribution in [3.8, 4) is 5.75 Å². The number of para-hydroxylation sites is 1. The van der Waals surface area contributed by atoms with Gasteiger partial charge in [0.2, 0.25) is 11.8 Å². The van der Waals surface area contributed by atoms with Gasteiger partial charge in [-0.05, 0) is 31.2 Å². The van der Waals surface area contributed by atoms with Gasteiger partial charge in [-0.2, -0.15) is 0 Å². The Morgan fingerprint density at radius 2 is 2.03 bits per heavy atom. The lowest BCUT2D eigenvalue weighted by Crippen LogP contribution is -2.30. The zero-order valence-electron chi connectivity index (χ0n) is 16.8. The SMILES string of the molecule is COc1ccccc1CNC(=O)C[C@@H](C)S(=O)(=O)c1ccc2c(c1)NC(=O)CCS2. The number of rotatable bonds is 7. The molecule has 0 aliphatic carbocycles. The van der Waals surface area contributed by atoms with Gasteiger partial charge in [-0.1, -0.05) is 18.2 Å². The molecular formula is C21H24N2O5S2. The van der Waals surface area contributed by atoms with E-state index in [0.29, 0.717) is 23.6 Å². The third-order valence-electron chi connectivity index (χ3n) is 4.81. The van der Waals surface area contributed by atoms with E-state index in [0.717, 1.165) is 10.5 Å². The van der Waals surface area contributed by atoms with Crippen LogP contribution in [0.2, 0.25) is 0 Å². The first-order chi connectivity index (χ1) is 14.3. The van der Waals surface area contributed by atoms with Crippen LogP contribution in [0.15, 0.2) is 52.3 Å². The fourth-order valence-electron chi connectivity index (χ4n) is 3.09. The molecule has 0 fully saturated rings. The number of fused-ring (bicyclic) bond motifs is 1. The number of benzene rings is 2. The van der Waals surface area contributed by atoms with Crippen molar-refractivity contribution in [1.29, 1.82) is 0 Å². The van der Waals surface area contributed by atoms with E-state index >= 15 is 0 Å². The number of amides is 2. The monoisotopic (exact) mass is 448 g/mol. The molecule has 0 saturated carbocycles. The van der Waals surface area contributed by atoms with Crippen molar-refractivity contribution >= 4 is 39.1 Å². The fourth-order valence-corrected chi connectivity index (χ4v) is 5.41. The maximum atomic E-state index is 13.0. The van der Waals surface area contributed by atoms with Gasteiger partial charge in [0.15, 0.2) is 9.84 Å². The second kappa shape index (κ2) is 9.53. The van der Waals surface area contributed by atoms with Crippen LogP contribution in [0, 0.1) is 0 Å². The van der Waals surface area contributed by atoms with Gasteiger partial charge >= 0.3 is 0 Å². The summed E-state index contributed by atoms with van der Waals surface area (Å²) in [6.07, 6.45) is 0.208. The number of hydrogen-bond donors (Lipinski definition) is 2. The topological polar surface area (TPSA) is 102 Å². The third kappa shape index (κ3) is 5.14. The van der Waals surface area contributed by atoms with E-state index in [2.05, 4.69) is 10.6 Å². The van der Waals surface area contributed by atoms with E-state index in [1.165, 1.54) is 30.8 Å². The molecule has 0 radical (unpaired) electrons. The van der Waals surface area contributed by atoms with Gasteiger partial charge < -0.3 is 15.4 Å². The standard InChI is InChI=1S/C21H24N2O5S2/c1-14(11-21(25)22-13-15-5-3-4-6-18(15)28-2)30(26,27)16-7-8-19-17(12-16)23-20(24)9-10-29-19/h3-8,12,14H,9-11,13H2,1-2H3,(H,22,25)(H,23,24)/t14-/m1/s1. The number of carbonyl (C=O) groups excluding carboxylic acids is 2. The Kier molecular flexibility index (Phi) is 7.04. The van der Waals surface area contributed by atoms with Gasteiger partial charge in [0.1, 0.15) is 5.75 Å². The van der Waals surface area contributed by atoms with E-state index in [1.54, 1.807) is 19.2 Å². The summed E-state index contributed by atoms with van der Waals surface area (Å²) in [6.45, 7) is 1.76. The molecule has 1 heterocycles. The molecule has 9 heteroatoms. The summed E-state index contributed by atoms with van der Waals surface area (Å²) in [5, 5.41) is 4.58. The summed E-state index contributed by atoms with van der Waals surface area (Å²) in [6, 6.07) is 12.0. The van der Waals surface area contributed by atoms with E-state index in [4.69, 9.17) is 4.74 Å². The Hall–Kier alpha value is -2.52. The van der Waals surface area contributed by atoms with Crippen LogP contribution in [0.4, 0.5) is 5.69 Å². The van der Waals surface area contributed by atoms with Gasteiger partial charge in [-0.3, -0.25) is 9.59 Å². The number of hydrogen-bond acceptors (Lipinski definition) is 6. The largest absolute Gasteiger partial charge is 0.496 e. The Balaban J connectivity index is 1.67. The molecule has 160 valence electrons. The molecular weight excluding hydrogens is 424 g/mol. The molecule has 2 aromatic rings. The molecule has 2 aromatic carbocycles. The van der Waals surface area contributed by atoms with Gasteiger partial charge in [-0.25, -0.2) is 8.42 Å². The molecule has 0 bridgehead atoms. The summed E-state index contributed by atoms with van der Waals surface area (Å²) >= 11 is 1.51. The van der Waals surface area contributed by atoms with Gasteiger partial charge in [0.05, 0.1) is 22.9 Å². The highest BCUT2D eigenvalue weighted by Gasteiger charge is 2.27. The molecule has 0 spiro atoms. The van der Waals surface area contributed by atoms with Gasteiger partial charge in [-0.15, -0.1) is 11.8 Å². The predicted octanol–water partition coefficient (Wildman–Crippen LogP) is 3.00. The van der Waals surface area contributed by atoms with Crippen LogP contribution in [-0.4, -0.2) is 38.3 Å². The lowest BCUT2D eigenvalue weighted by molar-refractivity contribution is -0.121. The Bertz CT molecular complexity index is 1050. The summed E-state index contributed by atoms with van der Waals surface area (Å²) in [5.41, 5.74) is 1.30. The second-order valence-electron chi connectivity index (χ2n) is 6.95. The van der Waals surface area contributed by atoms with Crippen molar-refractivity contribution in [2.75, 3.05) is 18.2 Å². The number of thioether (sulfide) groups is 1. The predicted molar refractivity (Wildman–Crippen MR) is 117 cm³/mol. The minimum atomic E-state index is -3.74. The first kappa shape index (κ1) is 22.2. The van der Waals surface area contributed by atoms with Crippen molar-refractivity contribution in [1.82, 2.24) is 5.32 Å². The molecule has 1 aliphatic rings. The maximum absolute atomic E-state index is 13.0. The Morgan fingerprint density at radius 3 is 2.80 bits per heavy atom. The van der Waals surface area contributed by atoms with Crippen LogP contribution in [0.1, 0.15) is 25.3 Å². The van der Waals surface area contributed by atoms with Crippen molar-refractivity contribution in [3.63, 3.8) is 0 Å². The van der Waals surface area contributed by atoms with Crippen LogP contribution in [0.5, 0.6) is 5.75 Å². The van der Waals surface area contributed by atoms with Gasteiger partial charge in [0, 0.05) is 35.6 Å². The number of anilines is 1. The molecule has 2 amide bonds. The van der Waals surface area contributed by atoms with E-state index in [1.807, 2.05) is 18.2 Å². The van der Waals surface area contributed by atoms with Crippen LogP contribution in [-0.2, 0) is 26.0 Å². The van der Waals surface area contributed by atoms with Crippen LogP contribution >= 0.6 is 11.8 Å². The van der Waals surface area contributed by atoms with Crippen molar-refractivity contribution in [3.05, 3.63) is 48.0 Å². The van der Waals surface area contributed by atoms with E-state index in [9.17, 15) is 18.0 Å². The van der Waals surface area contributed by atoms with Crippen LogP contribution < -0.4 is 15.4 Å². The minimum Gasteiger partial charge on any atom is -0.496 e. The molecule has 2 N–H and O–H groups in total. The highest BCUT2D eigenvalue weighted by atomic mass is 32.2. The zero-order valence-corrected chi connectivity index (χ0v) is 18.4. The smallest absolute Gasteiger partial charge is 0.225 e. The molecule has 1 aliphatic heterocycles. The summed E-state index contributed by atoms with van der Waals surface area (Å²) in [4.78, 5) is 25.1. The molecule has 0 saturated heterocycles. The average Bonchev–Trinajstić information content (AvgIpc) is 2.92. The molecule has 30 heavy (non-hydrogen) atoms. The Labute approximate surface area is 180 Å². The second-order valence-corrected chi connectivity index (χ2v) is 10.5. The molecule has 0 unspecified atom stereocenters. The molecule has 7 nitrogen and oxygen atoms in total. The fraction of sp³-hybridized carbons (Fsp3) is 0.333. The summed E-state index contributed by atoms with van der Waals surface area (Å²) in [5.74, 6) is 0.798. The Morgan fingerprint density at radius 1 is 1.27 bits per heavy atom. The zero-order chi connectivity index (χ0) is 21.7. The lowest BCUT2D eigenvalue weighted by atomic mass is 10.2. The summed E-state index contributed by atoms with van der Waals surface area (Å²) in [7, 11) is -2.19. The number of ether oxygens (including phenoxy) is 1. The van der Waals surface area contributed by atoms with Crippen molar-refractivity contribution < 1.29 is 22.7 Å². The first-order valence-corrected chi connectivity index (χ1v) is 12.0. The van der Waals surface area contributed by atoms with Crippen molar-refractivity contribution in [2.24, 2.45) is 0 Å². The maximum Gasteiger partial charge on any atom is 0.225 e. The molecule has 0 aromatic heterocycles. The van der Waals surface area contributed by atoms with Crippen LogP contribution in [0.25, 0.3) is 0 Å². The number of nitrogens with one attached hydrogen (secondary N) is 2. The quantitative estimate of drug-likeness (QED) is 0.675. The summed E-state index contributed by atoms with van der Waals surface area (Å²) < 4.78 is 31.2. The minimum absolute atomic E-state index is 0.0917. The number of methoxy groups -OCH3 is 1. The highest BCUT2D eigenvalue weighted by molar-refractivity contribution is 7.99. The molecule has 3 rings (SSSR count). The van der Waals surface area contributed by atoms with Crippen molar-refractivity contribution in [2.45, 2.75) is 41.4 Å². The van der Waals surface area contributed by atoms with E-state index < -0.39 is 15.1 Å². The van der Waals surface area contributed by atoms with Gasteiger partial charge in [0.25, 0.3) is 0 Å². The number of carbonyl (C=O) groups is 2. The van der Waals surface area contributed by atoms with Crippen LogP contribution in [0.3, 0.4) is 0 Å².